The van der Waals surface area contributed by atoms with Gasteiger partial charge in [0, 0.05) is 0 Å². The zero-order chi connectivity index (χ0) is 48.5. The third kappa shape index (κ3) is 34.2. The average Bonchev–Trinajstić information content (AvgIpc) is 3.29. The first-order valence-electron chi connectivity index (χ1n) is 27.2. The molecule has 392 valence electrons. The number of allylic oxidation sites excluding steroid dienone is 2. The van der Waals surface area contributed by atoms with Crippen LogP contribution in [0.15, 0.2) is 12.2 Å². The van der Waals surface area contributed by atoms with Gasteiger partial charge < -0.3 is 40.3 Å². The topological polar surface area (TPSA) is 212 Å². The number of aliphatic hydroxyl groups excluding tert-OH is 5. The largest absolute Gasteiger partial charge is 0.397 e. The van der Waals surface area contributed by atoms with E-state index in [1.165, 1.54) is 154 Å². The third-order valence-corrected chi connectivity index (χ3v) is 13.6. The summed E-state index contributed by atoms with van der Waals surface area (Å²) >= 11 is 0. The molecule has 0 spiro atoms. The van der Waals surface area contributed by atoms with E-state index in [2.05, 4.69) is 35.5 Å². The van der Waals surface area contributed by atoms with E-state index in [0.29, 0.717) is 19.3 Å². The van der Waals surface area contributed by atoms with Crippen molar-refractivity contribution in [1.29, 1.82) is 0 Å². The maximum Gasteiger partial charge on any atom is 0.397 e. The lowest BCUT2D eigenvalue weighted by Gasteiger charge is -2.41. The molecule has 13 nitrogen and oxygen atoms in total. The smallest absolute Gasteiger partial charge is 0.394 e. The van der Waals surface area contributed by atoms with E-state index in [0.717, 1.165) is 57.8 Å². The van der Waals surface area contributed by atoms with E-state index >= 15 is 0 Å². The molecule has 8 atom stereocenters. The normalized spacial score (nSPS) is 20.5. The van der Waals surface area contributed by atoms with Gasteiger partial charge in [0.1, 0.15) is 30.5 Å². The van der Waals surface area contributed by atoms with Crippen molar-refractivity contribution < 1.29 is 57.0 Å². The molecule has 8 unspecified atom stereocenters. The molecular formula is C52H101NO12S. The summed E-state index contributed by atoms with van der Waals surface area (Å²) in [6.45, 7) is 3.31. The predicted molar refractivity (Wildman–Crippen MR) is 265 cm³/mol. The second-order valence-electron chi connectivity index (χ2n) is 19.3. The van der Waals surface area contributed by atoms with Crippen LogP contribution < -0.4 is 5.32 Å². The SMILES string of the molecule is CCCCCCCCCCCCC/C=C\CCCCCCCCC(O)C(=O)NC(COC1OC(CO)C(O)C(OS(=O)(=O)O)C1O)C(O)CCCCCCCCCCCCCCCCCC. The van der Waals surface area contributed by atoms with Gasteiger partial charge in [0.2, 0.25) is 5.91 Å². The Morgan fingerprint density at radius 3 is 1.36 bits per heavy atom. The molecule has 1 saturated heterocycles. The summed E-state index contributed by atoms with van der Waals surface area (Å²) in [6.07, 6.45) is 36.7. The predicted octanol–water partition coefficient (Wildman–Crippen LogP) is 10.9. The molecule has 0 aromatic rings. The molecule has 1 fully saturated rings. The van der Waals surface area contributed by atoms with Crippen LogP contribution in [0.2, 0.25) is 0 Å². The van der Waals surface area contributed by atoms with Crippen LogP contribution in [0.25, 0.3) is 0 Å². The van der Waals surface area contributed by atoms with Gasteiger partial charge in [-0.15, -0.1) is 0 Å². The maximum absolute atomic E-state index is 13.2. The van der Waals surface area contributed by atoms with Gasteiger partial charge >= 0.3 is 10.4 Å². The van der Waals surface area contributed by atoms with Crippen molar-refractivity contribution in [3.05, 3.63) is 12.2 Å². The maximum atomic E-state index is 13.2. The summed E-state index contributed by atoms with van der Waals surface area (Å²) < 4.78 is 47.7. The zero-order valence-corrected chi connectivity index (χ0v) is 42.7. The standard InChI is InChI=1S/C52H101NO12S/c1-3-5-7-9-11-13-15-17-19-21-22-23-24-25-27-29-31-33-35-37-39-41-46(56)51(59)53-44(43-63-52-49(58)50(65-66(60,61)62)48(57)47(42-54)64-52)45(55)40-38-36-34-32-30-28-26-20-18-16-14-12-10-8-6-4-2/h24-25,44-50,52,54-58H,3-23,26-43H2,1-2H3,(H,53,59)(H,60,61,62)/b25-24-. The highest BCUT2D eigenvalue weighted by Crippen LogP contribution is 2.26. The first-order chi connectivity index (χ1) is 31.9. The van der Waals surface area contributed by atoms with Crippen molar-refractivity contribution in [1.82, 2.24) is 5.32 Å². The molecule has 1 aliphatic heterocycles. The lowest BCUT2D eigenvalue weighted by molar-refractivity contribution is -0.298. The van der Waals surface area contributed by atoms with Gasteiger partial charge in [-0.25, -0.2) is 4.18 Å². The van der Waals surface area contributed by atoms with Crippen molar-refractivity contribution in [2.75, 3.05) is 13.2 Å². The van der Waals surface area contributed by atoms with Gasteiger partial charge in [-0.3, -0.25) is 9.35 Å². The van der Waals surface area contributed by atoms with Crippen molar-refractivity contribution in [2.45, 2.75) is 300 Å². The Bertz CT molecular complexity index is 1240. The quantitative estimate of drug-likeness (QED) is 0.0172. The Labute approximate surface area is 403 Å². The van der Waals surface area contributed by atoms with Crippen LogP contribution in [0.4, 0.5) is 0 Å². The minimum atomic E-state index is -5.11. The molecule has 14 heteroatoms. The molecule has 1 aliphatic rings. The van der Waals surface area contributed by atoms with Gasteiger partial charge in [-0.1, -0.05) is 225 Å². The van der Waals surface area contributed by atoms with Crippen molar-refractivity contribution in [3.63, 3.8) is 0 Å². The first-order valence-corrected chi connectivity index (χ1v) is 28.5. The Morgan fingerprint density at radius 2 is 0.970 bits per heavy atom. The van der Waals surface area contributed by atoms with Crippen LogP contribution in [0.5, 0.6) is 0 Å². The van der Waals surface area contributed by atoms with Gasteiger partial charge in [0.05, 0.1) is 25.4 Å². The number of nitrogens with one attached hydrogen (secondary N) is 1. The number of amides is 1. The van der Waals surface area contributed by atoms with Crippen LogP contribution in [0.1, 0.15) is 251 Å². The van der Waals surface area contributed by atoms with Crippen LogP contribution in [-0.2, 0) is 28.9 Å². The highest BCUT2D eigenvalue weighted by atomic mass is 32.3. The van der Waals surface area contributed by atoms with Gasteiger partial charge in [-0.2, -0.15) is 8.42 Å². The molecule has 1 rings (SSSR count). The van der Waals surface area contributed by atoms with Crippen LogP contribution in [0, 0.1) is 0 Å². The van der Waals surface area contributed by atoms with Crippen LogP contribution in [-0.4, -0.2) is 107 Å². The molecule has 66 heavy (non-hydrogen) atoms. The molecule has 1 amide bonds. The Balaban J connectivity index is 2.45. The van der Waals surface area contributed by atoms with Crippen LogP contribution in [0.3, 0.4) is 0 Å². The molecule has 7 N–H and O–H groups in total. The molecule has 0 aromatic heterocycles. The second kappa shape index (κ2) is 42.7. The fourth-order valence-electron chi connectivity index (χ4n) is 8.87. The van der Waals surface area contributed by atoms with E-state index < -0.39 is 78.5 Å². The average molecular weight is 964 g/mol. The highest BCUT2D eigenvalue weighted by Gasteiger charge is 2.48. The number of ether oxygens (including phenoxy) is 2. The number of rotatable bonds is 47. The van der Waals surface area contributed by atoms with E-state index in [-0.39, 0.29) is 6.42 Å². The van der Waals surface area contributed by atoms with Gasteiger partial charge in [-0.05, 0) is 38.5 Å². The minimum Gasteiger partial charge on any atom is -0.394 e. The molecule has 0 aromatic carbocycles. The summed E-state index contributed by atoms with van der Waals surface area (Å²) in [5.41, 5.74) is 0. The number of unbranched alkanes of at least 4 members (excludes halogenated alkanes) is 32. The number of hydrogen-bond acceptors (Lipinski definition) is 11. The van der Waals surface area contributed by atoms with Crippen molar-refractivity contribution in [2.24, 2.45) is 0 Å². The number of carbonyl (C=O) groups is 1. The fourth-order valence-corrected chi connectivity index (χ4v) is 9.38. The Kier molecular flexibility index (Phi) is 40.6. The van der Waals surface area contributed by atoms with E-state index in [1.54, 1.807) is 0 Å². The number of hydrogen-bond donors (Lipinski definition) is 7. The summed E-state index contributed by atoms with van der Waals surface area (Å²) in [5, 5.41) is 55.6. The summed E-state index contributed by atoms with van der Waals surface area (Å²) in [4.78, 5) is 13.2. The van der Waals surface area contributed by atoms with E-state index in [4.69, 9.17) is 9.47 Å². The Morgan fingerprint density at radius 1 is 0.591 bits per heavy atom. The Hall–Kier alpha value is -1.20. The van der Waals surface area contributed by atoms with Crippen LogP contribution >= 0.6 is 0 Å². The molecular weight excluding hydrogens is 863 g/mol. The molecule has 1 heterocycles. The van der Waals surface area contributed by atoms with Crippen molar-refractivity contribution >= 4 is 16.3 Å². The number of carbonyl (C=O) groups excluding carboxylic acids is 1. The first kappa shape index (κ1) is 62.8. The monoisotopic (exact) mass is 964 g/mol. The fraction of sp³-hybridized carbons (Fsp3) is 0.942. The second-order valence-corrected chi connectivity index (χ2v) is 20.4. The summed E-state index contributed by atoms with van der Waals surface area (Å²) in [5.74, 6) is -0.670. The van der Waals surface area contributed by atoms with Crippen molar-refractivity contribution in [3.8, 4) is 0 Å². The van der Waals surface area contributed by atoms with E-state index in [1.807, 2.05) is 0 Å². The van der Waals surface area contributed by atoms with E-state index in [9.17, 15) is 43.3 Å². The van der Waals surface area contributed by atoms with Gasteiger partial charge in [0.25, 0.3) is 0 Å². The number of aliphatic hydroxyl groups is 5. The molecule has 0 bridgehead atoms. The molecule has 0 saturated carbocycles. The lowest BCUT2D eigenvalue weighted by Crippen LogP contribution is -2.61. The summed E-state index contributed by atoms with van der Waals surface area (Å²) in [6, 6.07) is -1.03. The molecule has 0 radical (unpaired) electrons. The molecule has 0 aliphatic carbocycles. The lowest BCUT2D eigenvalue weighted by atomic mass is 9.99. The zero-order valence-electron chi connectivity index (χ0n) is 41.9. The third-order valence-electron chi connectivity index (χ3n) is 13.2. The minimum absolute atomic E-state index is 0.256. The highest BCUT2D eigenvalue weighted by molar-refractivity contribution is 7.80. The summed E-state index contributed by atoms with van der Waals surface area (Å²) in [7, 11) is -5.11. The van der Waals surface area contributed by atoms with Gasteiger partial charge in [0.15, 0.2) is 6.29 Å².